The highest BCUT2D eigenvalue weighted by Gasteiger charge is 2.22. The van der Waals surface area contributed by atoms with E-state index in [9.17, 15) is 10.1 Å². The van der Waals surface area contributed by atoms with E-state index in [1.807, 2.05) is 103 Å². The molecule has 40 heavy (non-hydrogen) atoms. The molecule has 0 spiro atoms. The molecule has 0 aliphatic carbocycles. The Balaban J connectivity index is 1.31. The van der Waals surface area contributed by atoms with Gasteiger partial charge in [0.1, 0.15) is 23.7 Å². The lowest BCUT2D eigenvalue weighted by Crippen LogP contribution is -2.27. The molecule has 5 aromatic rings. The second-order valence-corrected chi connectivity index (χ2v) is 10.3. The van der Waals surface area contributed by atoms with Gasteiger partial charge in [0, 0.05) is 17.5 Å². The minimum absolute atomic E-state index is 0.149. The van der Waals surface area contributed by atoms with Crippen molar-refractivity contribution in [3.8, 4) is 23.1 Å². The Kier molecular flexibility index (Phi) is 8.27. The van der Waals surface area contributed by atoms with Gasteiger partial charge in [-0.2, -0.15) is 5.26 Å². The first-order valence-corrected chi connectivity index (χ1v) is 13.6. The zero-order valence-corrected chi connectivity index (χ0v) is 22.8. The molecule has 1 aromatic heterocycles. The van der Waals surface area contributed by atoms with Gasteiger partial charge in [-0.1, -0.05) is 98.8 Å². The lowest BCUT2D eigenvalue weighted by atomic mass is 9.92. The Hall–Kier alpha value is -4.82. The highest BCUT2D eigenvalue weighted by atomic mass is 16.5. The molecule has 5 heteroatoms. The third-order valence-electron chi connectivity index (χ3n) is 6.84. The maximum Gasteiger partial charge on any atom is 0.255 e. The number of carbonyl (C=O) groups excluding carboxylic acids is 1. The van der Waals surface area contributed by atoms with Crippen LogP contribution in [0.2, 0.25) is 0 Å². The van der Waals surface area contributed by atoms with E-state index in [0.717, 1.165) is 33.4 Å². The maximum absolute atomic E-state index is 13.2. The fourth-order valence-electron chi connectivity index (χ4n) is 4.66. The number of hydrogen-bond donors (Lipinski definition) is 1. The first-order valence-electron chi connectivity index (χ1n) is 13.6. The third-order valence-corrected chi connectivity index (χ3v) is 6.84. The SMILES string of the molecule is CC(C)CNC(=O)c1c(-c2ccc(C(C#N)Cc3ccc(OCc4ccccc4)cc3)cc2)oc2ccccc12. The van der Waals surface area contributed by atoms with Gasteiger partial charge in [0.15, 0.2) is 0 Å². The standard InChI is InChI=1S/C35H32N2O3/c1-24(2)22-37-35(38)33-31-10-6-7-11-32(31)40-34(33)28-16-14-27(15-17-28)29(21-36)20-25-12-18-30(19-13-25)39-23-26-8-4-3-5-9-26/h3-19,24,29H,20,22-23H2,1-2H3,(H,37,38). The molecule has 0 radical (unpaired) electrons. The van der Waals surface area contributed by atoms with Gasteiger partial charge in [0.2, 0.25) is 0 Å². The third kappa shape index (κ3) is 6.24. The summed E-state index contributed by atoms with van der Waals surface area (Å²) >= 11 is 0. The molecule has 0 bridgehead atoms. The summed E-state index contributed by atoms with van der Waals surface area (Å²) in [6, 6.07) is 35.7. The van der Waals surface area contributed by atoms with Crippen molar-refractivity contribution in [2.45, 2.75) is 32.8 Å². The van der Waals surface area contributed by atoms with Crippen molar-refractivity contribution < 1.29 is 13.9 Å². The minimum atomic E-state index is -0.311. The highest BCUT2D eigenvalue weighted by molar-refractivity contribution is 6.11. The summed E-state index contributed by atoms with van der Waals surface area (Å²) in [4.78, 5) is 13.2. The molecule has 1 heterocycles. The number of rotatable bonds is 10. The van der Waals surface area contributed by atoms with Gasteiger partial charge in [-0.15, -0.1) is 0 Å². The Morgan fingerprint density at radius 1 is 0.875 bits per heavy atom. The maximum atomic E-state index is 13.2. The largest absolute Gasteiger partial charge is 0.489 e. The van der Waals surface area contributed by atoms with Crippen LogP contribution in [0, 0.1) is 17.2 Å². The normalized spacial score (nSPS) is 11.8. The van der Waals surface area contributed by atoms with Crippen molar-refractivity contribution in [2.75, 3.05) is 6.54 Å². The molecule has 0 saturated heterocycles. The first kappa shape index (κ1) is 26.8. The predicted molar refractivity (Wildman–Crippen MR) is 158 cm³/mol. The zero-order chi connectivity index (χ0) is 27.9. The molecular weight excluding hydrogens is 496 g/mol. The van der Waals surface area contributed by atoms with E-state index < -0.39 is 0 Å². The van der Waals surface area contributed by atoms with Gasteiger partial charge in [-0.3, -0.25) is 4.79 Å². The van der Waals surface area contributed by atoms with E-state index in [-0.39, 0.29) is 11.8 Å². The minimum Gasteiger partial charge on any atom is -0.489 e. The van der Waals surface area contributed by atoms with Gasteiger partial charge in [0.25, 0.3) is 5.91 Å². The number of nitriles is 1. The summed E-state index contributed by atoms with van der Waals surface area (Å²) in [5.74, 6) is 1.21. The van der Waals surface area contributed by atoms with E-state index in [1.165, 1.54) is 0 Å². The fourth-order valence-corrected chi connectivity index (χ4v) is 4.66. The number of benzene rings is 4. The van der Waals surface area contributed by atoms with Crippen molar-refractivity contribution in [3.05, 3.63) is 125 Å². The number of amides is 1. The molecular formula is C35H32N2O3. The van der Waals surface area contributed by atoms with Crippen LogP contribution in [0.5, 0.6) is 5.75 Å². The van der Waals surface area contributed by atoms with Crippen LogP contribution in [0.25, 0.3) is 22.3 Å². The van der Waals surface area contributed by atoms with Crippen LogP contribution in [0.1, 0.15) is 46.8 Å². The number of ether oxygens (including phenoxy) is 1. The average Bonchev–Trinajstić information content (AvgIpc) is 3.38. The predicted octanol–water partition coefficient (Wildman–Crippen LogP) is 7.91. The monoisotopic (exact) mass is 528 g/mol. The van der Waals surface area contributed by atoms with Crippen LogP contribution < -0.4 is 10.1 Å². The molecule has 4 aromatic carbocycles. The van der Waals surface area contributed by atoms with Gasteiger partial charge < -0.3 is 14.5 Å². The molecule has 1 unspecified atom stereocenters. The number of nitrogens with one attached hydrogen (secondary N) is 1. The Morgan fingerprint density at radius 2 is 1.57 bits per heavy atom. The van der Waals surface area contributed by atoms with Gasteiger partial charge in [-0.05, 0) is 47.2 Å². The van der Waals surface area contributed by atoms with Crippen LogP contribution in [0.15, 0.2) is 108 Å². The van der Waals surface area contributed by atoms with Crippen molar-refractivity contribution in [3.63, 3.8) is 0 Å². The van der Waals surface area contributed by atoms with Crippen LogP contribution in [0.3, 0.4) is 0 Å². The summed E-state index contributed by atoms with van der Waals surface area (Å²) in [5, 5.41) is 13.8. The smallest absolute Gasteiger partial charge is 0.255 e. The molecule has 0 aliphatic heterocycles. The number of carbonyl (C=O) groups is 1. The van der Waals surface area contributed by atoms with Crippen LogP contribution in [-0.4, -0.2) is 12.5 Å². The average molecular weight is 529 g/mol. The van der Waals surface area contributed by atoms with Crippen molar-refractivity contribution >= 4 is 16.9 Å². The first-order chi connectivity index (χ1) is 19.5. The number of fused-ring (bicyclic) bond motifs is 1. The van der Waals surface area contributed by atoms with Crippen LogP contribution in [-0.2, 0) is 13.0 Å². The van der Waals surface area contributed by atoms with E-state index in [1.54, 1.807) is 0 Å². The number of nitrogens with zero attached hydrogens (tertiary/aromatic N) is 1. The fraction of sp³-hybridized carbons (Fsp3) is 0.200. The Bertz CT molecular complexity index is 1610. The van der Waals surface area contributed by atoms with E-state index in [2.05, 4.69) is 25.2 Å². The lowest BCUT2D eigenvalue weighted by Gasteiger charge is -2.12. The molecule has 1 atom stereocenters. The summed E-state index contributed by atoms with van der Waals surface area (Å²) in [6.45, 7) is 5.22. The van der Waals surface area contributed by atoms with Crippen molar-refractivity contribution in [1.29, 1.82) is 5.26 Å². The summed E-state index contributed by atoms with van der Waals surface area (Å²) in [6.07, 6.45) is 0.586. The zero-order valence-electron chi connectivity index (χ0n) is 22.8. The van der Waals surface area contributed by atoms with Gasteiger partial charge in [0.05, 0.1) is 17.6 Å². The van der Waals surface area contributed by atoms with Crippen LogP contribution in [0.4, 0.5) is 0 Å². The molecule has 5 rings (SSSR count). The molecule has 5 nitrogen and oxygen atoms in total. The molecule has 200 valence electrons. The van der Waals surface area contributed by atoms with E-state index in [0.29, 0.717) is 42.4 Å². The second kappa shape index (κ2) is 12.4. The van der Waals surface area contributed by atoms with Crippen molar-refractivity contribution in [2.24, 2.45) is 5.92 Å². The van der Waals surface area contributed by atoms with E-state index >= 15 is 0 Å². The van der Waals surface area contributed by atoms with Crippen LogP contribution >= 0.6 is 0 Å². The van der Waals surface area contributed by atoms with E-state index in [4.69, 9.17) is 9.15 Å². The summed E-state index contributed by atoms with van der Waals surface area (Å²) in [5.41, 5.74) is 5.09. The molecule has 0 fully saturated rings. The number of para-hydroxylation sites is 1. The second-order valence-electron chi connectivity index (χ2n) is 10.3. The van der Waals surface area contributed by atoms with Crippen molar-refractivity contribution in [1.82, 2.24) is 5.32 Å². The highest BCUT2D eigenvalue weighted by Crippen LogP contribution is 2.34. The number of hydrogen-bond acceptors (Lipinski definition) is 4. The van der Waals surface area contributed by atoms with Gasteiger partial charge >= 0.3 is 0 Å². The molecule has 1 amide bonds. The molecule has 0 aliphatic rings. The molecule has 0 saturated carbocycles. The lowest BCUT2D eigenvalue weighted by molar-refractivity contribution is 0.0950. The quantitative estimate of drug-likeness (QED) is 0.200. The number of furan rings is 1. The summed E-state index contributed by atoms with van der Waals surface area (Å²) in [7, 11) is 0. The Morgan fingerprint density at radius 3 is 2.27 bits per heavy atom. The van der Waals surface area contributed by atoms with Gasteiger partial charge in [-0.25, -0.2) is 0 Å². The Labute approximate surface area is 235 Å². The summed E-state index contributed by atoms with van der Waals surface area (Å²) < 4.78 is 12.0. The topological polar surface area (TPSA) is 75.3 Å². The molecule has 1 N–H and O–H groups in total.